The average Bonchev–Trinajstić information content (AvgIpc) is 2.12. The van der Waals surface area contributed by atoms with Gasteiger partial charge in [0.15, 0.2) is 0 Å². The molecule has 4 heteroatoms. The van der Waals surface area contributed by atoms with E-state index in [9.17, 15) is 4.79 Å². The van der Waals surface area contributed by atoms with Crippen molar-refractivity contribution >= 4 is 18.4 Å². The minimum atomic E-state index is 0. The average molecular weight is 178 g/mol. The number of nitrogens with one attached hydrogen (secondary N) is 1. The Balaban J connectivity index is 0.000000605. The Bertz CT molecular complexity index is 159. The second-order valence-electron chi connectivity index (χ2n) is 2.98. The number of rotatable bonds is 1. The van der Waals surface area contributed by atoms with Crippen LogP contribution in [0.1, 0.15) is 6.42 Å². The molecule has 0 spiro atoms. The highest BCUT2D eigenvalue weighted by molar-refractivity contribution is 5.85. The van der Waals surface area contributed by atoms with Gasteiger partial charge < -0.3 is 10.1 Å². The minimum Gasteiger partial charge on any atom is -0.465 e. The maximum Gasteiger partial charge on any atom is 0.309 e. The van der Waals surface area contributed by atoms with Crippen molar-refractivity contribution in [2.45, 2.75) is 6.42 Å². The Kier molecular flexibility index (Phi) is 2.73. The van der Waals surface area contributed by atoms with Crippen LogP contribution in [0.15, 0.2) is 0 Å². The van der Waals surface area contributed by atoms with Gasteiger partial charge in [-0.25, -0.2) is 0 Å². The Hall–Kier alpha value is -0.280. The highest BCUT2D eigenvalue weighted by Crippen LogP contribution is 2.25. The van der Waals surface area contributed by atoms with Gasteiger partial charge in [0.1, 0.15) is 0 Å². The second-order valence-corrected chi connectivity index (χ2v) is 2.98. The van der Waals surface area contributed by atoms with Crippen molar-refractivity contribution in [3.05, 3.63) is 0 Å². The van der Waals surface area contributed by atoms with Gasteiger partial charge in [0.25, 0.3) is 0 Å². The van der Waals surface area contributed by atoms with Crippen molar-refractivity contribution in [3.8, 4) is 0 Å². The van der Waals surface area contributed by atoms with Crippen LogP contribution in [-0.2, 0) is 9.53 Å². The monoisotopic (exact) mass is 177 g/mol. The lowest BCUT2D eigenvalue weighted by Crippen LogP contribution is -2.47. The first-order valence-electron chi connectivity index (χ1n) is 3.75. The first-order valence-corrected chi connectivity index (χ1v) is 3.75. The van der Waals surface area contributed by atoms with Crippen LogP contribution >= 0.6 is 12.4 Å². The molecule has 64 valence electrons. The van der Waals surface area contributed by atoms with Crippen LogP contribution in [0.4, 0.5) is 0 Å². The zero-order chi connectivity index (χ0) is 6.97. The summed E-state index contributed by atoms with van der Waals surface area (Å²) in [6.45, 7) is 2.64. The molecule has 1 N–H and O–H groups in total. The fraction of sp³-hybridized carbons (Fsp3) is 0.857. The molecule has 11 heavy (non-hydrogen) atoms. The number of hydrogen-bond acceptors (Lipinski definition) is 3. The Morgan fingerprint density at radius 2 is 2.18 bits per heavy atom. The molecule has 0 aromatic heterocycles. The molecule has 1 atom stereocenters. The molecule has 0 radical (unpaired) electrons. The summed E-state index contributed by atoms with van der Waals surface area (Å²) in [5, 5.41) is 3.15. The van der Waals surface area contributed by atoms with Crippen molar-refractivity contribution in [2.75, 3.05) is 19.7 Å². The molecule has 2 heterocycles. The van der Waals surface area contributed by atoms with Gasteiger partial charge in [-0.15, -0.1) is 12.4 Å². The molecule has 2 aliphatic heterocycles. The molecule has 0 aromatic carbocycles. The third kappa shape index (κ3) is 1.49. The second kappa shape index (κ2) is 3.41. The molecule has 1 unspecified atom stereocenters. The lowest BCUT2D eigenvalue weighted by Gasteiger charge is -2.29. The molecule has 2 fully saturated rings. The van der Waals surface area contributed by atoms with E-state index in [4.69, 9.17) is 4.74 Å². The molecule has 2 rings (SSSR count). The summed E-state index contributed by atoms with van der Waals surface area (Å²) in [4.78, 5) is 11.0. The number of cyclic esters (lactones) is 1. The minimum absolute atomic E-state index is 0. The van der Waals surface area contributed by atoms with E-state index in [2.05, 4.69) is 5.32 Å². The quantitative estimate of drug-likeness (QED) is 0.582. The predicted molar refractivity (Wildman–Crippen MR) is 42.7 cm³/mol. The first-order chi connectivity index (χ1) is 4.88. The topological polar surface area (TPSA) is 38.3 Å². The summed E-state index contributed by atoms with van der Waals surface area (Å²) in [6.07, 6.45) is 0.936. The normalized spacial score (nSPS) is 30.5. The van der Waals surface area contributed by atoms with Crippen LogP contribution in [0.5, 0.6) is 0 Å². The van der Waals surface area contributed by atoms with E-state index < -0.39 is 0 Å². The molecule has 2 saturated heterocycles. The summed E-state index contributed by atoms with van der Waals surface area (Å²) < 4.78 is 4.86. The van der Waals surface area contributed by atoms with Crippen LogP contribution in [0, 0.1) is 11.8 Å². The van der Waals surface area contributed by atoms with Crippen LogP contribution in [-0.4, -0.2) is 25.7 Å². The van der Waals surface area contributed by atoms with Crippen molar-refractivity contribution in [2.24, 2.45) is 11.8 Å². The summed E-state index contributed by atoms with van der Waals surface area (Å²) in [7, 11) is 0. The lowest BCUT2D eigenvalue weighted by atomic mass is 9.87. The van der Waals surface area contributed by atoms with E-state index in [0.29, 0.717) is 12.5 Å². The van der Waals surface area contributed by atoms with Gasteiger partial charge in [0.2, 0.25) is 0 Å². The zero-order valence-electron chi connectivity index (χ0n) is 6.21. The fourth-order valence-electron chi connectivity index (χ4n) is 1.54. The van der Waals surface area contributed by atoms with E-state index in [0.717, 1.165) is 19.5 Å². The molecule has 0 amide bonds. The highest BCUT2D eigenvalue weighted by Gasteiger charge is 2.36. The number of esters is 1. The van der Waals surface area contributed by atoms with Crippen LogP contribution < -0.4 is 5.32 Å². The summed E-state index contributed by atoms with van der Waals surface area (Å²) in [5.41, 5.74) is 0. The number of carbonyl (C=O) groups excluding carboxylic acids is 1. The van der Waals surface area contributed by atoms with Gasteiger partial charge in [-0.3, -0.25) is 4.79 Å². The van der Waals surface area contributed by atoms with Gasteiger partial charge in [0.05, 0.1) is 12.5 Å². The van der Waals surface area contributed by atoms with Gasteiger partial charge >= 0.3 is 5.97 Å². The Morgan fingerprint density at radius 1 is 1.45 bits per heavy atom. The van der Waals surface area contributed by atoms with E-state index in [1.165, 1.54) is 0 Å². The highest BCUT2D eigenvalue weighted by atomic mass is 35.5. The maximum absolute atomic E-state index is 11.0. The maximum atomic E-state index is 11.0. The van der Waals surface area contributed by atoms with E-state index in [1.54, 1.807) is 0 Å². The largest absolute Gasteiger partial charge is 0.465 e. The van der Waals surface area contributed by atoms with E-state index in [-0.39, 0.29) is 24.3 Å². The standard InChI is InChI=1S/C7H11NO2.ClH/c9-7-6(1-2-10-7)5-3-8-4-5;/h5-6,8H,1-4H2;1H. The molecule has 0 aliphatic carbocycles. The molecule has 3 nitrogen and oxygen atoms in total. The summed E-state index contributed by atoms with van der Waals surface area (Å²) in [6, 6.07) is 0. The van der Waals surface area contributed by atoms with Gasteiger partial charge in [0, 0.05) is 13.1 Å². The van der Waals surface area contributed by atoms with Crippen molar-refractivity contribution in [3.63, 3.8) is 0 Å². The van der Waals surface area contributed by atoms with Gasteiger partial charge in [-0.05, 0) is 12.3 Å². The smallest absolute Gasteiger partial charge is 0.309 e. The number of ether oxygens (including phenoxy) is 1. The SMILES string of the molecule is Cl.O=C1OCCC1C1CNC1. The third-order valence-electron chi connectivity index (χ3n) is 2.36. The van der Waals surface area contributed by atoms with E-state index in [1.807, 2.05) is 0 Å². The Labute approximate surface area is 71.9 Å². The van der Waals surface area contributed by atoms with Crippen molar-refractivity contribution in [1.82, 2.24) is 5.32 Å². The molecule has 2 aliphatic rings. The number of hydrogen-bond donors (Lipinski definition) is 1. The zero-order valence-corrected chi connectivity index (χ0v) is 7.02. The molecular formula is C7H12ClNO2. The van der Waals surface area contributed by atoms with Crippen LogP contribution in [0.2, 0.25) is 0 Å². The fourth-order valence-corrected chi connectivity index (χ4v) is 1.54. The summed E-state index contributed by atoms with van der Waals surface area (Å²) in [5.74, 6) is 0.794. The Morgan fingerprint density at radius 3 is 2.55 bits per heavy atom. The van der Waals surface area contributed by atoms with Gasteiger partial charge in [-0.2, -0.15) is 0 Å². The van der Waals surface area contributed by atoms with Crippen LogP contribution in [0.3, 0.4) is 0 Å². The van der Waals surface area contributed by atoms with Crippen molar-refractivity contribution < 1.29 is 9.53 Å². The number of carbonyl (C=O) groups is 1. The van der Waals surface area contributed by atoms with Gasteiger partial charge in [-0.1, -0.05) is 0 Å². The molecule has 0 aromatic rings. The third-order valence-corrected chi connectivity index (χ3v) is 2.36. The first kappa shape index (κ1) is 8.81. The predicted octanol–water partition coefficient (Wildman–Crippen LogP) is 0.191. The number of halogens is 1. The van der Waals surface area contributed by atoms with Crippen LogP contribution in [0.25, 0.3) is 0 Å². The van der Waals surface area contributed by atoms with E-state index >= 15 is 0 Å². The molecular weight excluding hydrogens is 166 g/mol. The molecule has 0 bridgehead atoms. The molecule has 0 saturated carbocycles. The van der Waals surface area contributed by atoms with Crippen molar-refractivity contribution in [1.29, 1.82) is 0 Å². The summed E-state index contributed by atoms with van der Waals surface area (Å²) >= 11 is 0. The lowest BCUT2D eigenvalue weighted by molar-refractivity contribution is -0.143.